The van der Waals surface area contributed by atoms with Gasteiger partial charge in [-0.2, -0.15) is 0 Å². The molecule has 11 aromatic rings. The van der Waals surface area contributed by atoms with Crippen LogP contribution in [0.4, 0.5) is 0 Å². The van der Waals surface area contributed by atoms with E-state index in [1.165, 1.54) is 71.3 Å². The van der Waals surface area contributed by atoms with Crippen molar-refractivity contribution >= 4 is 32.3 Å². The molecule has 1 aromatic heterocycles. The van der Waals surface area contributed by atoms with Crippen LogP contribution in [0.2, 0.25) is 0 Å². The first-order valence-electron chi connectivity index (χ1n) is 21.3. The van der Waals surface area contributed by atoms with Gasteiger partial charge in [0.25, 0.3) is 0 Å². The molecule has 10 aromatic carbocycles. The molecule has 3 heteroatoms. The lowest BCUT2D eigenvalue weighted by Crippen LogP contribution is -2.22. The topological polar surface area (TPSA) is 38.7 Å². The zero-order chi connectivity index (χ0) is 41.2. The molecule has 12 rings (SSSR count). The van der Waals surface area contributed by atoms with Gasteiger partial charge in [0.1, 0.15) is 0 Å². The van der Waals surface area contributed by atoms with Crippen LogP contribution in [-0.4, -0.2) is 15.0 Å². The van der Waals surface area contributed by atoms with Gasteiger partial charge >= 0.3 is 0 Å². The van der Waals surface area contributed by atoms with Crippen molar-refractivity contribution < 1.29 is 0 Å². The molecule has 0 spiro atoms. The molecule has 0 bridgehead atoms. The Labute approximate surface area is 360 Å². The minimum atomic E-state index is -0.344. The molecule has 1 atom stereocenters. The summed E-state index contributed by atoms with van der Waals surface area (Å²) in [5.74, 6) is 1.91. The number of fused-ring (bicyclic) bond motifs is 7. The Morgan fingerprint density at radius 2 is 0.823 bits per heavy atom. The van der Waals surface area contributed by atoms with E-state index in [1.807, 2.05) is 6.07 Å². The lowest BCUT2D eigenvalue weighted by molar-refractivity contribution is 0.714. The van der Waals surface area contributed by atoms with Gasteiger partial charge in [-0.1, -0.05) is 206 Å². The van der Waals surface area contributed by atoms with Crippen LogP contribution < -0.4 is 0 Å². The molecule has 0 saturated carbocycles. The third-order valence-electron chi connectivity index (χ3n) is 13.0. The van der Waals surface area contributed by atoms with Crippen molar-refractivity contribution in [3.8, 4) is 67.5 Å². The number of hydrogen-bond donors (Lipinski definition) is 0. The quantitative estimate of drug-likeness (QED) is 0.124. The average Bonchev–Trinajstić information content (AvgIpc) is 3.61. The number of hydrogen-bond acceptors (Lipinski definition) is 3. The smallest absolute Gasteiger partial charge is 0.164 e. The Balaban J connectivity index is 1.01. The predicted molar refractivity (Wildman–Crippen MR) is 257 cm³/mol. The molecule has 62 heavy (non-hydrogen) atoms. The summed E-state index contributed by atoms with van der Waals surface area (Å²) < 4.78 is 0. The fraction of sp³-hybridized carbons (Fsp3) is 0.0339. The maximum Gasteiger partial charge on any atom is 0.164 e. The maximum absolute atomic E-state index is 5.27. The monoisotopic (exact) mass is 789 g/mol. The van der Waals surface area contributed by atoms with E-state index in [1.54, 1.807) is 0 Å². The average molecular weight is 790 g/mol. The zero-order valence-corrected chi connectivity index (χ0v) is 34.1. The normalized spacial score (nSPS) is 14.3. The maximum atomic E-state index is 5.27. The minimum Gasteiger partial charge on any atom is -0.208 e. The van der Waals surface area contributed by atoms with E-state index in [-0.39, 0.29) is 5.41 Å². The summed E-state index contributed by atoms with van der Waals surface area (Å²) in [4.78, 5) is 15.7. The largest absolute Gasteiger partial charge is 0.208 e. The molecule has 1 aliphatic rings. The van der Waals surface area contributed by atoms with E-state index in [2.05, 4.69) is 219 Å². The van der Waals surface area contributed by atoms with Gasteiger partial charge in [-0.15, -0.1) is 0 Å². The van der Waals surface area contributed by atoms with Crippen molar-refractivity contribution in [1.82, 2.24) is 15.0 Å². The Morgan fingerprint density at radius 3 is 1.55 bits per heavy atom. The summed E-state index contributed by atoms with van der Waals surface area (Å²) in [6.45, 7) is 2.35. The number of benzene rings is 10. The molecule has 1 heterocycles. The summed E-state index contributed by atoms with van der Waals surface area (Å²) in [6, 6.07) is 78.4. The Hall–Kier alpha value is -8.01. The summed E-state index contributed by atoms with van der Waals surface area (Å²) in [7, 11) is 0. The van der Waals surface area contributed by atoms with Crippen LogP contribution in [0.3, 0.4) is 0 Å². The number of rotatable bonds is 6. The molecule has 1 unspecified atom stereocenters. The molecule has 0 N–H and O–H groups in total. The molecule has 0 radical (unpaired) electrons. The van der Waals surface area contributed by atoms with Crippen molar-refractivity contribution in [2.24, 2.45) is 0 Å². The first kappa shape index (κ1) is 35.9. The minimum absolute atomic E-state index is 0.344. The standard InChI is InChI=1S/C59H39N3/c1-59(46-18-6-3-7-19-46)53-23-13-12-22-49(53)50-34-33-45(37-54(50)59)58-61-56(42-28-24-39(25-29-42)38-14-4-2-5-15-38)60-57(62-58)43-30-26-41(27-31-43)55-48-21-11-9-17-44(48)36-52-47-20-10-8-16-40(47)32-35-51(52)55/h2-37H,1H3. The van der Waals surface area contributed by atoms with Crippen molar-refractivity contribution in [2.75, 3.05) is 0 Å². The van der Waals surface area contributed by atoms with E-state index in [0.29, 0.717) is 17.5 Å². The Morgan fingerprint density at radius 1 is 0.306 bits per heavy atom. The number of aromatic nitrogens is 3. The van der Waals surface area contributed by atoms with Crippen molar-refractivity contribution in [3.05, 3.63) is 235 Å². The lowest BCUT2D eigenvalue weighted by atomic mass is 9.74. The summed E-state index contributed by atoms with van der Waals surface area (Å²) in [5, 5.41) is 7.45. The molecular weight excluding hydrogens is 751 g/mol. The van der Waals surface area contributed by atoms with Gasteiger partial charge < -0.3 is 0 Å². The molecule has 1 aliphatic carbocycles. The second-order valence-electron chi connectivity index (χ2n) is 16.5. The van der Waals surface area contributed by atoms with E-state index in [9.17, 15) is 0 Å². The zero-order valence-electron chi connectivity index (χ0n) is 34.1. The molecule has 0 saturated heterocycles. The SMILES string of the molecule is CC1(c2ccccc2)c2ccccc2-c2ccc(-c3nc(-c4ccc(-c5ccccc5)cc4)nc(-c4ccc(-c5c6ccccc6cc6c5ccc5ccccc56)cc4)n3)cc21. The van der Waals surface area contributed by atoms with Crippen molar-refractivity contribution in [1.29, 1.82) is 0 Å². The van der Waals surface area contributed by atoms with E-state index >= 15 is 0 Å². The molecule has 0 amide bonds. The second-order valence-corrected chi connectivity index (χ2v) is 16.5. The van der Waals surface area contributed by atoms with Gasteiger partial charge in [0, 0.05) is 22.1 Å². The van der Waals surface area contributed by atoms with Gasteiger partial charge in [-0.3, -0.25) is 0 Å². The van der Waals surface area contributed by atoms with Crippen LogP contribution in [0, 0.1) is 0 Å². The first-order valence-corrected chi connectivity index (χ1v) is 21.3. The highest BCUT2D eigenvalue weighted by molar-refractivity contribution is 6.20. The highest BCUT2D eigenvalue weighted by Gasteiger charge is 2.40. The van der Waals surface area contributed by atoms with Crippen LogP contribution in [-0.2, 0) is 5.41 Å². The predicted octanol–water partition coefficient (Wildman–Crippen LogP) is 15.0. The van der Waals surface area contributed by atoms with Crippen molar-refractivity contribution in [3.63, 3.8) is 0 Å². The first-order chi connectivity index (χ1) is 30.6. The molecule has 290 valence electrons. The third-order valence-corrected chi connectivity index (χ3v) is 13.0. The summed E-state index contributed by atoms with van der Waals surface area (Å²) in [5.41, 5.74) is 13.5. The van der Waals surface area contributed by atoms with Crippen LogP contribution in [0.15, 0.2) is 218 Å². The Bertz CT molecular complexity index is 3500. The third kappa shape index (κ3) is 5.78. The van der Waals surface area contributed by atoms with Crippen LogP contribution >= 0.6 is 0 Å². The van der Waals surface area contributed by atoms with Crippen LogP contribution in [0.5, 0.6) is 0 Å². The van der Waals surface area contributed by atoms with E-state index < -0.39 is 0 Å². The summed E-state index contributed by atoms with van der Waals surface area (Å²) in [6.07, 6.45) is 0. The van der Waals surface area contributed by atoms with E-state index in [0.717, 1.165) is 27.8 Å². The highest BCUT2D eigenvalue weighted by Crippen LogP contribution is 2.53. The van der Waals surface area contributed by atoms with Crippen molar-refractivity contribution in [2.45, 2.75) is 12.3 Å². The Kier molecular flexibility index (Phi) is 8.29. The van der Waals surface area contributed by atoms with Gasteiger partial charge in [-0.25, -0.2) is 15.0 Å². The highest BCUT2D eigenvalue weighted by atomic mass is 15.0. The summed E-state index contributed by atoms with van der Waals surface area (Å²) >= 11 is 0. The van der Waals surface area contributed by atoms with Gasteiger partial charge in [0.15, 0.2) is 17.5 Å². The lowest BCUT2D eigenvalue weighted by Gasteiger charge is -2.28. The van der Waals surface area contributed by atoms with Gasteiger partial charge in [0.2, 0.25) is 0 Å². The van der Waals surface area contributed by atoms with Crippen LogP contribution in [0.1, 0.15) is 23.6 Å². The fourth-order valence-electron chi connectivity index (χ4n) is 9.84. The molecular formula is C59H39N3. The molecule has 0 aliphatic heterocycles. The second kappa shape index (κ2) is 14.3. The molecule has 3 nitrogen and oxygen atoms in total. The van der Waals surface area contributed by atoms with Gasteiger partial charge in [-0.05, 0) is 101 Å². The molecule has 0 fully saturated rings. The number of nitrogens with zero attached hydrogens (tertiary/aromatic N) is 3. The van der Waals surface area contributed by atoms with Crippen LogP contribution in [0.25, 0.3) is 99.9 Å². The van der Waals surface area contributed by atoms with Gasteiger partial charge in [0.05, 0.1) is 0 Å². The fourth-order valence-corrected chi connectivity index (χ4v) is 9.84. The van der Waals surface area contributed by atoms with E-state index in [4.69, 9.17) is 15.0 Å².